The maximum atomic E-state index is 6.27. The van der Waals surface area contributed by atoms with Crippen molar-refractivity contribution in [3.63, 3.8) is 0 Å². The van der Waals surface area contributed by atoms with Crippen molar-refractivity contribution in [1.82, 2.24) is 25.1 Å². The zero-order valence-corrected chi connectivity index (χ0v) is 14.6. The fourth-order valence-corrected chi connectivity index (χ4v) is 2.81. The standard InChI is InChI=1S/C16H16Cl2N6/c1-9-20-14(24-23-9)7-2-4-10-8-13(22-16(19)21-10)11-5-3-6-12(17)15(11)18/h3,5-6,8H,2,4,7H2,1H3,(H2,19,21,22)(H,20,23,24). The van der Waals surface area contributed by atoms with Crippen molar-refractivity contribution in [2.24, 2.45) is 0 Å². The van der Waals surface area contributed by atoms with Gasteiger partial charge in [0.05, 0.1) is 15.7 Å². The Morgan fingerprint density at radius 2 is 1.96 bits per heavy atom. The van der Waals surface area contributed by atoms with Crippen LogP contribution in [-0.4, -0.2) is 25.1 Å². The highest BCUT2D eigenvalue weighted by Gasteiger charge is 2.11. The summed E-state index contributed by atoms with van der Waals surface area (Å²) in [4.78, 5) is 12.8. The molecule has 0 radical (unpaired) electrons. The zero-order chi connectivity index (χ0) is 17.1. The Hall–Kier alpha value is -2.18. The molecule has 6 nitrogen and oxygen atoms in total. The van der Waals surface area contributed by atoms with Gasteiger partial charge >= 0.3 is 0 Å². The molecule has 124 valence electrons. The average molecular weight is 363 g/mol. The minimum atomic E-state index is 0.215. The Labute approximate surface area is 149 Å². The average Bonchev–Trinajstić information content (AvgIpc) is 2.95. The van der Waals surface area contributed by atoms with Gasteiger partial charge in [-0.3, -0.25) is 5.10 Å². The number of anilines is 1. The normalized spacial score (nSPS) is 11.0. The number of rotatable bonds is 5. The van der Waals surface area contributed by atoms with Gasteiger partial charge in [-0.2, -0.15) is 5.10 Å². The third kappa shape index (κ3) is 3.83. The van der Waals surface area contributed by atoms with E-state index in [0.717, 1.165) is 42.2 Å². The molecule has 0 aliphatic rings. The second-order valence-corrected chi connectivity index (χ2v) is 6.18. The van der Waals surface area contributed by atoms with Gasteiger partial charge in [0, 0.05) is 17.7 Å². The van der Waals surface area contributed by atoms with Crippen molar-refractivity contribution < 1.29 is 0 Å². The largest absolute Gasteiger partial charge is 0.368 e. The van der Waals surface area contributed by atoms with E-state index in [0.29, 0.717) is 15.7 Å². The molecule has 0 aliphatic carbocycles. The van der Waals surface area contributed by atoms with Gasteiger partial charge in [-0.25, -0.2) is 15.0 Å². The summed E-state index contributed by atoms with van der Waals surface area (Å²) >= 11 is 12.3. The minimum absolute atomic E-state index is 0.215. The Kier molecular flexibility index (Phi) is 4.97. The molecule has 0 bridgehead atoms. The van der Waals surface area contributed by atoms with Crippen LogP contribution < -0.4 is 5.73 Å². The Bertz CT molecular complexity index is 862. The lowest BCUT2D eigenvalue weighted by atomic mass is 10.1. The number of nitrogens with one attached hydrogen (secondary N) is 1. The molecule has 24 heavy (non-hydrogen) atoms. The van der Waals surface area contributed by atoms with E-state index in [1.54, 1.807) is 6.07 Å². The van der Waals surface area contributed by atoms with Crippen LogP contribution in [0.5, 0.6) is 0 Å². The number of nitrogens with two attached hydrogens (primary N) is 1. The smallest absolute Gasteiger partial charge is 0.220 e. The molecule has 0 unspecified atom stereocenters. The molecular weight excluding hydrogens is 347 g/mol. The van der Waals surface area contributed by atoms with Crippen LogP contribution in [0, 0.1) is 6.92 Å². The quantitative estimate of drug-likeness (QED) is 0.722. The van der Waals surface area contributed by atoms with Crippen molar-refractivity contribution in [3.05, 3.63) is 51.7 Å². The molecule has 1 aromatic carbocycles. The van der Waals surface area contributed by atoms with E-state index < -0.39 is 0 Å². The van der Waals surface area contributed by atoms with Gasteiger partial charge in [-0.15, -0.1) is 0 Å². The number of hydrogen-bond acceptors (Lipinski definition) is 5. The van der Waals surface area contributed by atoms with Gasteiger partial charge in [0.2, 0.25) is 5.95 Å². The third-order valence-electron chi connectivity index (χ3n) is 3.50. The fraction of sp³-hybridized carbons (Fsp3) is 0.250. The summed E-state index contributed by atoms with van der Waals surface area (Å²) in [6, 6.07) is 7.30. The van der Waals surface area contributed by atoms with E-state index in [2.05, 4.69) is 25.1 Å². The molecule has 2 heterocycles. The summed E-state index contributed by atoms with van der Waals surface area (Å²) in [6.45, 7) is 1.88. The fourth-order valence-electron chi connectivity index (χ4n) is 2.41. The van der Waals surface area contributed by atoms with Crippen LogP contribution in [0.25, 0.3) is 11.3 Å². The highest BCUT2D eigenvalue weighted by molar-refractivity contribution is 6.43. The molecule has 2 aromatic heterocycles. The number of halogens is 2. The summed E-state index contributed by atoms with van der Waals surface area (Å²) in [5.41, 5.74) is 8.10. The first kappa shape index (κ1) is 16.7. The van der Waals surface area contributed by atoms with Crippen molar-refractivity contribution >= 4 is 29.2 Å². The number of nitrogen functional groups attached to an aromatic ring is 1. The van der Waals surface area contributed by atoms with Crippen LogP contribution in [0.1, 0.15) is 23.8 Å². The topological polar surface area (TPSA) is 93.4 Å². The van der Waals surface area contributed by atoms with E-state index in [1.165, 1.54) is 0 Å². The molecule has 8 heteroatoms. The summed E-state index contributed by atoms with van der Waals surface area (Å²) in [6.07, 6.45) is 2.36. The van der Waals surface area contributed by atoms with Crippen LogP contribution >= 0.6 is 23.2 Å². The molecule has 0 spiro atoms. The van der Waals surface area contributed by atoms with Crippen LogP contribution in [0.15, 0.2) is 24.3 Å². The second kappa shape index (κ2) is 7.15. The van der Waals surface area contributed by atoms with Crippen LogP contribution in [0.3, 0.4) is 0 Å². The van der Waals surface area contributed by atoms with Crippen molar-refractivity contribution in [2.45, 2.75) is 26.2 Å². The van der Waals surface area contributed by atoms with Crippen molar-refractivity contribution in [1.29, 1.82) is 0 Å². The number of nitrogens with zero attached hydrogens (tertiary/aromatic N) is 4. The number of hydrogen-bond donors (Lipinski definition) is 2. The summed E-state index contributed by atoms with van der Waals surface area (Å²) in [5, 5.41) is 7.90. The Morgan fingerprint density at radius 3 is 2.71 bits per heavy atom. The van der Waals surface area contributed by atoms with Gasteiger partial charge < -0.3 is 5.73 Å². The molecule has 0 fully saturated rings. The maximum absolute atomic E-state index is 6.27. The third-order valence-corrected chi connectivity index (χ3v) is 4.32. The molecule has 3 N–H and O–H groups in total. The summed E-state index contributed by atoms with van der Waals surface area (Å²) < 4.78 is 0. The van der Waals surface area contributed by atoms with E-state index >= 15 is 0 Å². The first-order valence-electron chi connectivity index (χ1n) is 7.48. The van der Waals surface area contributed by atoms with Gasteiger partial charge in [0.15, 0.2) is 5.82 Å². The number of H-pyrrole nitrogens is 1. The lowest BCUT2D eigenvalue weighted by Gasteiger charge is -2.08. The maximum Gasteiger partial charge on any atom is 0.220 e. The predicted octanol–water partition coefficient (Wildman–Crippen LogP) is 3.63. The predicted molar refractivity (Wildman–Crippen MR) is 95.0 cm³/mol. The monoisotopic (exact) mass is 362 g/mol. The van der Waals surface area contributed by atoms with Gasteiger partial charge in [0.1, 0.15) is 5.82 Å². The molecule has 3 rings (SSSR count). The van der Waals surface area contributed by atoms with E-state index in [1.807, 2.05) is 25.1 Å². The van der Waals surface area contributed by atoms with Gasteiger partial charge in [-0.1, -0.05) is 35.3 Å². The lowest BCUT2D eigenvalue weighted by molar-refractivity contribution is 0.759. The van der Waals surface area contributed by atoms with Crippen LogP contribution in [-0.2, 0) is 12.8 Å². The van der Waals surface area contributed by atoms with Crippen LogP contribution in [0.2, 0.25) is 10.0 Å². The molecule has 0 saturated carbocycles. The first-order chi connectivity index (χ1) is 11.5. The number of benzene rings is 1. The molecule has 0 amide bonds. The SMILES string of the molecule is Cc1nc(CCCc2cc(-c3cccc(Cl)c3Cl)nc(N)n2)n[nH]1. The van der Waals surface area contributed by atoms with E-state index in [9.17, 15) is 0 Å². The molecular formula is C16H16Cl2N6. The van der Waals surface area contributed by atoms with Crippen molar-refractivity contribution in [3.8, 4) is 11.3 Å². The second-order valence-electron chi connectivity index (χ2n) is 5.39. The van der Waals surface area contributed by atoms with Crippen LogP contribution in [0.4, 0.5) is 5.95 Å². The number of aromatic nitrogens is 5. The minimum Gasteiger partial charge on any atom is -0.368 e. The number of aromatic amines is 1. The highest BCUT2D eigenvalue weighted by atomic mass is 35.5. The lowest BCUT2D eigenvalue weighted by Crippen LogP contribution is -2.02. The number of aryl methyl sites for hydroxylation is 3. The molecule has 3 aromatic rings. The zero-order valence-electron chi connectivity index (χ0n) is 13.1. The van der Waals surface area contributed by atoms with E-state index in [4.69, 9.17) is 28.9 Å². The summed E-state index contributed by atoms with van der Waals surface area (Å²) in [7, 11) is 0. The Morgan fingerprint density at radius 1 is 1.12 bits per heavy atom. The van der Waals surface area contributed by atoms with Crippen molar-refractivity contribution in [2.75, 3.05) is 5.73 Å². The van der Waals surface area contributed by atoms with Gasteiger partial charge in [-0.05, 0) is 31.9 Å². The first-order valence-corrected chi connectivity index (χ1v) is 8.24. The van der Waals surface area contributed by atoms with Gasteiger partial charge in [0.25, 0.3) is 0 Å². The van der Waals surface area contributed by atoms with E-state index in [-0.39, 0.29) is 5.95 Å². The summed E-state index contributed by atoms with van der Waals surface area (Å²) in [5.74, 6) is 1.83. The Balaban J connectivity index is 1.77. The molecule has 0 atom stereocenters. The highest BCUT2D eigenvalue weighted by Crippen LogP contribution is 2.32. The molecule has 0 saturated heterocycles. The molecule has 0 aliphatic heterocycles.